The van der Waals surface area contributed by atoms with Gasteiger partial charge in [-0.05, 0) is 6.07 Å². The normalized spacial score (nSPS) is 18.5. The van der Waals surface area contributed by atoms with Crippen LogP contribution in [-0.2, 0) is 9.47 Å². The lowest BCUT2D eigenvalue weighted by Crippen LogP contribution is -2.23. The molecule has 0 amide bonds. The van der Waals surface area contributed by atoms with Crippen LogP contribution in [0, 0.1) is 5.82 Å². The standard InChI is InChI=1S/C9H7ClFNO3.C2H6/c10-9-6(11)1-5(2-12-9)8(13)7-3-14-4-15-7;1-2/h1-2,7H,3-4H2;1-2H3. The molecule has 1 atom stereocenters. The number of hydrogen-bond acceptors (Lipinski definition) is 4. The molecular formula is C11H13ClFNO3. The van der Waals surface area contributed by atoms with E-state index >= 15 is 0 Å². The molecule has 0 spiro atoms. The second kappa shape index (κ2) is 6.64. The molecule has 1 aliphatic heterocycles. The van der Waals surface area contributed by atoms with Crippen molar-refractivity contribution in [1.29, 1.82) is 0 Å². The van der Waals surface area contributed by atoms with E-state index in [4.69, 9.17) is 21.1 Å². The van der Waals surface area contributed by atoms with Crippen molar-refractivity contribution in [2.75, 3.05) is 13.4 Å². The van der Waals surface area contributed by atoms with Gasteiger partial charge in [0.1, 0.15) is 12.9 Å². The molecule has 1 aromatic heterocycles. The summed E-state index contributed by atoms with van der Waals surface area (Å²) >= 11 is 5.39. The summed E-state index contributed by atoms with van der Waals surface area (Å²) in [5.74, 6) is -1.07. The Morgan fingerprint density at radius 1 is 1.59 bits per heavy atom. The van der Waals surface area contributed by atoms with Crippen molar-refractivity contribution >= 4 is 17.4 Å². The van der Waals surface area contributed by atoms with Gasteiger partial charge in [-0.1, -0.05) is 25.4 Å². The van der Waals surface area contributed by atoms with Gasteiger partial charge in [-0.3, -0.25) is 4.79 Å². The Hall–Kier alpha value is -1.04. The third kappa shape index (κ3) is 3.46. The van der Waals surface area contributed by atoms with E-state index in [1.54, 1.807) is 0 Å². The van der Waals surface area contributed by atoms with Crippen molar-refractivity contribution in [3.05, 3.63) is 28.8 Å². The maximum atomic E-state index is 13.0. The van der Waals surface area contributed by atoms with Crippen molar-refractivity contribution in [3.8, 4) is 0 Å². The first-order chi connectivity index (χ1) is 8.18. The number of carbonyl (C=O) groups excluding carboxylic acids is 1. The summed E-state index contributed by atoms with van der Waals surface area (Å²) in [5, 5.41) is -0.254. The number of halogens is 2. The molecule has 0 bridgehead atoms. The van der Waals surface area contributed by atoms with Crippen LogP contribution in [0.15, 0.2) is 12.3 Å². The van der Waals surface area contributed by atoms with Gasteiger partial charge < -0.3 is 9.47 Å². The fourth-order valence-corrected chi connectivity index (χ4v) is 1.33. The smallest absolute Gasteiger partial charge is 0.195 e. The van der Waals surface area contributed by atoms with Gasteiger partial charge in [0.15, 0.2) is 16.8 Å². The average molecular weight is 262 g/mol. The van der Waals surface area contributed by atoms with Gasteiger partial charge in [0.05, 0.1) is 6.61 Å². The lowest BCUT2D eigenvalue weighted by atomic mass is 10.1. The lowest BCUT2D eigenvalue weighted by Gasteiger charge is -2.05. The highest BCUT2D eigenvalue weighted by atomic mass is 35.5. The summed E-state index contributed by atoms with van der Waals surface area (Å²) in [6.45, 7) is 4.27. The molecule has 1 aliphatic rings. The molecule has 4 nitrogen and oxygen atoms in total. The van der Waals surface area contributed by atoms with E-state index in [1.807, 2.05) is 13.8 Å². The highest BCUT2D eigenvalue weighted by molar-refractivity contribution is 6.29. The molecule has 1 fully saturated rings. The van der Waals surface area contributed by atoms with Gasteiger partial charge in [0, 0.05) is 11.8 Å². The minimum atomic E-state index is -0.721. The van der Waals surface area contributed by atoms with Crippen LogP contribution in [0.2, 0.25) is 5.15 Å². The number of Topliss-reactive ketones (excluding diaryl/α,β-unsaturated/α-hetero) is 1. The van der Waals surface area contributed by atoms with Crippen LogP contribution in [0.5, 0.6) is 0 Å². The number of ether oxygens (including phenoxy) is 2. The zero-order valence-electron chi connectivity index (χ0n) is 9.57. The highest BCUT2D eigenvalue weighted by Crippen LogP contribution is 2.15. The monoisotopic (exact) mass is 261 g/mol. The van der Waals surface area contributed by atoms with Crippen LogP contribution in [0.4, 0.5) is 4.39 Å². The summed E-state index contributed by atoms with van der Waals surface area (Å²) in [6, 6.07) is 1.04. The van der Waals surface area contributed by atoms with Crippen LogP contribution >= 0.6 is 11.6 Å². The molecule has 0 saturated carbocycles. The summed E-state index contributed by atoms with van der Waals surface area (Å²) in [5.41, 5.74) is 0.132. The minimum Gasteiger partial charge on any atom is -0.352 e. The fraction of sp³-hybridized carbons (Fsp3) is 0.455. The largest absolute Gasteiger partial charge is 0.352 e. The van der Waals surface area contributed by atoms with E-state index in [9.17, 15) is 9.18 Å². The Bertz CT molecular complexity index is 394. The molecule has 0 aromatic carbocycles. The van der Waals surface area contributed by atoms with Gasteiger partial charge in [-0.25, -0.2) is 9.37 Å². The van der Waals surface area contributed by atoms with Gasteiger partial charge in [0.25, 0.3) is 0 Å². The predicted octanol–water partition coefficient (Wildman–Crippen LogP) is 2.46. The molecule has 1 unspecified atom stereocenters. The molecule has 0 aliphatic carbocycles. The highest BCUT2D eigenvalue weighted by Gasteiger charge is 2.26. The van der Waals surface area contributed by atoms with Crippen molar-refractivity contribution in [2.24, 2.45) is 0 Å². The zero-order valence-corrected chi connectivity index (χ0v) is 10.3. The second-order valence-corrected chi connectivity index (χ2v) is 3.36. The number of pyridine rings is 1. The van der Waals surface area contributed by atoms with E-state index in [0.29, 0.717) is 0 Å². The average Bonchev–Trinajstić information content (AvgIpc) is 2.88. The quantitative estimate of drug-likeness (QED) is 0.606. The number of carbonyl (C=O) groups is 1. The summed E-state index contributed by atoms with van der Waals surface area (Å²) in [7, 11) is 0. The topological polar surface area (TPSA) is 48.4 Å². The Morgan fingerprint density at radius 3 is 2.82 bits per heavy atom. The molecular weight excluding hydrogens is 249 g/mol. The molecule has 2 heterocycles. The predicted molar refractivity (Wildman–Crippen MR) is 60.6 cm³/mol. The molecule has 0 radical (unpaired) electrons. The van der Waals surface area contributed by atoms with Crippen LogP contribution in [0.1, 0.15) is 24.2 Å². The Morgan fingerprint density at radius 2 is 2.29 bits per heavy atom. The van der Waals surface area contributed by atoms with E-state index in [0.717, 1.165) is 6.07 Å². The Balaban J connectivity index is 0.000000686. The summed E-state index contributed by atoms with van der Waals surface area (Å²) in [4.78, 5) is 15.2. The first-order valence-electron chi connectivity index (χ1n) is 5.23. The lowest BCUT2D eigenvalue weighted by molar-refractivity contribution is 0.0416. The van der Waals surface area contributed by atoms with E-state index in [1.165, 1.54) is 6.20 Å². The maximum Gasteiger partial charge on any atom is 0.195 e. The molecule has 1 aromatic rings. The SMILES string of the molecule is CC.O=C(c1cnc(Cl)c(F)c1)C1COCO1. The van der Waals surface area contributed by atoms with Gasteiger partial charge >= 0.3 is 0 Å². The molecule has 2 rings (SSSR count). The number of hydrogen-bond donors (Lipinski definition) is 0. The number of nitrogens with zero attached hydrogens (tertiary/aromatic N) is 1. The summed E-state index contributed by atoms with van der Waals surface area (Å²) in [6.07, 6.45) is 0.544. The van der Waals surface area contributed by atoms with Crippen molar-refractivity contribution in [2.45, 2.75) is 20.0 Å². The zero-order chi connectivity index (χ0) is 12.8. The van der Waals surface area contributed by atoms with Gasteiger partial charge in [0.2, 0.25) is 0 Å². The van der Waals surface area contributed by atoms with Crippen LogP contribution in [-0.4, -0.2) is 30.3 Å². The van der Waals surface area contributed by atoms with E-state index in [-0.39, 0.29) is 29.9 Å². The molecule has 94 valence electrons. The second-order valence-electron chi connectivity index (χ2n) is 3.00. The third-order valence-electron chi connectivity index (χ3n) is 2.00. The van der Waals surface area contributed by atoms with Crippen LogP contribution in [0.25, 0.3) is 0 Å². The molecule has 6 heteroatoms. The third-order valence-corrected chi connectivity index (χ3v) is 2.27. The number of rotatable bonds is 2. The number of aromatic nitrogens is 1. The molecule has 1 saturated heterocycles. The minimum absolute atomic E-state index is 0.0832. The number of ketones is 1. The molecule has 0 N–H and O–H groups in total. The van der Waals surface area contributed by atoms with Gasteiger partial charge in [-0.15, -0.1) is 0 Å². The van der Waals surface area contributed by atoms with Crippen molar-refractivity contribution in [3.63, 3.8) is 0 Å². The summed E-state index contributed by atoms with van der Waals surface area (Å²) < 4.78 is 22.9. The molecule has 17 heavy (non-hydrogen) atoms. The maximum absolute atomic E-state index is 13.0. The van der Waals surface area contributed by atoms with Gasteiger partial charge in [-0.2, -0.15) is 0 Å². The van der Waals surface area contributed by atoms with Crippen LogP contribution in [0.3, 0.4) is 0 Å². The van der Waals surface area contributed by atoms with Crippen molar-refractivity contribution < 1.29 is 18.7 Å². The fourth-order valence-electron chi connectivity index (χ4n) is 1.23. The Kier molecular flexibility index (Phi) is 5.47. The van der Waals surface area contributed by atoms with E-state index in [2.05, 4.69) is 4.98 Å². The first-order valence-corrected chi connectivity index (χ1v) is 5.61. The Labute approximate surface area is 104 Å². The first kappa shape index (κ1) is 14.0. The van der Waals surface area contributed by atoms with Crippen LogP contribution < -0.4 is 0 Å². The van der Waals surface area contributed by atoms with Crippen molar-refractivity contribution in [1.82, 2.24) is 4.98 Å². The van der Waals surface area contributed by atoms with E-state index < -0.39 is 11.9 Å².